The Morgan fingerprint density at radius 2 is 0.353 bits per heavy atom. The van der Waals surface area contributed by atoms with Gasteiger partial charge in [0.2, 0.25) is 0 Å². The molecule has 0 aromatic rings. The maximum absolute atomic E-state index is 2.12. The summed E-state index contributed by atoms with van der Waals surface area (Å²) < 4.78 is 0. The molecule has 16 N–H and O–H groups in total. The Morgan fingerprint density at radius 3 is 0.353 bits per heavy atom. The third-order valence-corrected chi connectivity index (χ3v) is 0. The highest BCUT2D eigenvalue weighted by molar-refractivity contribution is 3.92. The van der Waals surface area contributed by atoms with Gasteiger partial charge in [0.1, 0.15) is 0 Å². The number of halogens is 4. The summed E-state index contributed by atoms with van der Waals surface area (Å²) in [7, 11) is 0. The molecule has 0 saturated carbocycles. The molecule has 0 atom stereocenters. The minimum Gasteiger partial charge on any atom is -1.00 e. The number of hydrogen-bond acceptors (Lipinski definition) is 0. The second-order valence-electron chi connectivity index (χ2n) is 2.12. The van der Waals surface area contributed by atoms with Crippen LogP contribution in [0.25, 0.3) is 0 Å². The number of rotatable bonds is 0. The minimum atomic E-state index is 0. The van der Waals surface area contributed by atoms with Crippen LogP contribution in [0, 0.1) is 0 Å². The first kappa shape index (κ1) is 106. The molecule has 0 rings (SSSR count). The summed E-state index contributed by atoms with van der Waals surface area (Å²) in [6, 6.07) is 0. The molecule has 124 valence electrons. The van der Waals surface area contributed by atoms with Crippen LogP contribution in [0.4, 0.5) is 0 Å². The largest absolute Gasteiger partial charge is 1.00 e. The Morgan fingerprint density at radius 1 is 0.353 bits per heavy atom. The van der Waals surface area contributed by atoms with Gasteiger partial charge in [-0.25, -0.2) is 0 Å². The fraction of sp³-hybridized carbons (Fsp3) is 1.00. The molecule has 0 fully saturated rings. The molecule has 0 aromatic carbocycles. The lowest BCUT2D eigenvalue weighted by molar-refractivity contribution is -0.00100. The first-order valence-corrected chi connectivity index (χ1v) is 4.24. The van der Waals surface area contributed by atoms with Crippen LogP contribution in [0.5, 0.6) is 0 Å². The van der Waals surface area contributed by atoms with Crippen molar-refractivity contribution in [3.63, 3.8) is 0 Å². The van der Waals surface area contributed by atoms with Gasteiger partial charge in [-0.05, 0) is 0 Å². The van der Waals surface area contributed by atoms with E-state index in [0.717, 1.165) is 0 Å². The van der Waals surface area contributed by atoms with Crippen LogP contribution in [0.2, 0.25) is 0 Å². The van der Waals surface area contributed by atoms with Crippen LogP contribution in [0.1, 0.15) is 60.8 Å². The van der Waals surface area contributed by atoms with Gasteiger partial charge in [0.25, 0.3) is 0 Å². The minimum absolute atomic E-state index is 0. The molecule has 0 radical (unpaired) electrons. The van der Waals surface area contributed by atoms with Gasteiger partial charge in [0.05, 0.1) is 0 Å². The van der Waals surface area contributed by atoms with Crippen LogP contribution in [-0.2, 0) is 0 Å². The molecule has 0 aliphatic rings. The fourth-order valence-electron chi connectivity index (χ4n) is 0. The zero-order chi connectivity index (χ0) is 8.12. The Kier molecular flexibility index (Phi) is 1700. The van der Waals surface area contributed by atoms with Crippen LogP contribution < -0.4 is 74.2 Å². The second-order valence-corrected chi connectivity index (χ2v) is 2.12. The summed E-state index contributed by atoms with van der Waals surface area (Å²) >= 11 is 0. The van der Waals surface area contributed by atoms with E-state index in [1.54, 1.807) is 0 Å². The summed E-state index contributed by atoms with van der Waals surface area (Å²) in [6.45, 7) is 12.8. The Labute approximate surface area is 135 Å². The van der Waals surface area contributed by atoms with Gasteiger partial charge >= 0.3 is 0 Å². The average Bonchev–Trinajstić information content (AvgIpc) is 1.70. The van der Waals surface area contributed by atoms with Crippen molar-refractivity contribution in [3.8, 4) is 0 Å². The van der Waals surface area contributed by atoms with Crippen molar-refractivity contribution in [2.45, 2.75) is 60.8 Å². The molecule has 0 amide bonds. The molecule has 0 aliphatic carbocycles. The first-order chi connectivity index (χ1) is 4.24. The topological polar surface area (TPSA) is 146 Å². The van der Waals surface area contributed by atoms with Gasteiger partial charge in [0, 0.05) is 0 Å². The van der Waals surface area contributed by atoms with Crippen molar-refractivity contribution < 1.29 is 49.6 Å². The smallest absolute Gasteiger partial charge is 0.0590 e. The Bertz CT molecular complexity index is 29.7. The zero-order valence-electron chi connectivity index (χ0n) is 13.6. The van der Waals surface area contributed by atoms with E-state index >= 15 is 0 Å². The normalized spacial score (nSPS) is 3.18. The van der Waals surface area contributed by atoms with E-state index < -0.39 is 0 Å². The molecule has 0 aliphatic heterocycles. The van der Waals surface area contributed by atoms with E-state index in [1.165, 1.54) is 19.3 Å². The Balaban J connectivity index is -0.00000000286. The SMILES string of the molecule is CCC.CCC.CCC.[Cl-].[Cl-].[Cl-].[Cl-].[NH4+].[NH4+].[NH4+].[NH4+]. The molecule has 0 spiro atoms. The van der Waals surface area contributed by atoms with E-state index in [2.05, 4.69) is 41.5 Å². The average molecular weight is 346 g/mol. The molecular formula is C9H40Cl4N4. The van der Waals surface area contributed by atoms with Gasteiger partial charge in [-0.3, -0.25) is 0 Å². The molecule has 4 nitrogen and oxygen atoms in total. The zero-order valence-corrected chi connectivity index (χ0v) is 16.7. The maximum atomic E-state index is 2.12. The summed E-state index contributed by atoms with van der Waals surface area (Å²) in [5.41, 5.74) is 0. The molecule has 0 bridgehead atoms. The van der Waals surface area contributed by atoms with Gasteiger partial charge in [0.15, 0.2) is 0 Å². The lowest BCUT2D eigenvalue weighted by Gasteiger charge is -1.48. The molecule has 0 saturated heterocycles. The third kappa shape index (κ3) is 3830. The van der Waals surface area contributed by atoms with Crippen molar-refractivity contribution in [3.05, 3.63) is 0 Å². The number of quaternary nitrogens is 4. The molecular weight excluding hydrogens is 306 g/mol. The van der Waals surface area contributed by atoms with Crippen molar-refractivity contribution in [1.82, 2.24) is 24.6 Å². The lowest BCUT2D eigenvalue weighted by Crippen LogP contribution is -3.00. The highest BCUT2D eigenvalue weighted by Crippen LogP contribution is 1.56. The van der Waals surface area contributed by atoms with Gasteiger partial charge < -0.3 is 74.2 Å². The van der Waals surface area contributed by atoms with Crippen molar-refractivity contribution >= 4 is 0 Å². The van der Waals surface area contributed by atoms with E-state index in [0.29, 0.717) is 0 Å². The van der Waals surface area contributed by atoms with Crippen molar-refractivity contribution in [2.24, 2.45) is 0 Å². The highest BCUT2D eigenvalue weighted by Gasteiger charge is 1.36. The molecule has 8 heteroatoms. The van der Waals surface area contributed by atoms with E-state index in [4.69, 9.17) is 0 Å². The number of hydrogen-bond donors (Lipinski definition) is 4. The second kappa shape index (κ2) is 272. The quantitative estimate of drug-likeness (QED) is 0.331. The predicted molar refractivity (Wildman–Crippen MR) is 71.8 cm³/mol. The third-order valence-electron chi connectivity index (χ3n) is 0. The van der Waals surface area contributed by atoms with E-state index in [9.17, 15) is 0 Å². The molecule has 17 heavy (non-hydrogen) atoms. The van der Waals surface area contributed by atoms with E-state index in [-0.39, 0.29) is 74.2 Å². The summed E-state index contributed by atoms with van der Waals surface area (Å²) in [5, 5.41) is 0. The van der Waals surface area contributed by atoms with Crippen LogP contribution in [0.15, 0.2) is 0 Å². The van der Waals surface area contributed by atoms with Crippen LogP contribution in [-0.4, -0.2) is 0 Å². The molecule has 0 aromatic heterocycles. The highest BCUT2D eigenvalue weighted by atomic mass is 35.5. The van der Waals surface area contributed by atoms with Crippen molar-refractivity contribution in [1.29, 1.82) is 0 Å². The van der Waals surface area contributed by atoms with Crippen molar-refractivity contribution in [2.75, 3.05) is 0 Å². The summed E-state index contributed by atoms with van der Waals surface area (Å²) in [4.78, 5) is 0. The predicted octanol–water partition coefficient (Wildman–Crippen LogP) is -6.23. The summed E-state index contributed by atoms with van der Waals surface area (Å²) in [5.74, 6) is 0. The van der Waals surface area contributed by atoms with Crippen LogP contribution >= 0.6 is 0 Å². The maximum Gasteiger partial charge on any atom is -0.0590 e. The standard InChI is InChI=1S/3C3H8.4ClH.4H3N/c3*1-3-2;;;;;;;;/h3*3H2,1-2H3;4*1H;4*1H3. The fourth-order valence-corrected chi connectivity index (χ4v) is 0. The lowest BCUT2D eigenvalue weighted by atomic mass is 10.6. The van der Waals surface area contributed by atoms with Gasteiger partial charge in [-0.1, -0.05) is 60.8 Å². The monoisotopic (exact) mass is 344 g/mol. The van der Waals surface area contributed by atoms with E-state index in [1.807, 2.05) is 0 Å². The Hall–Kier alpha value is 1.000. The van der Waals surface area contributed by atoms with Gasteiger partial charge in [-0.2, -0.15) is 0 Å². The summed E-state index contributed by atoms with van der Waals surface area (Å²) in [6.07, 6.45) is 3.75. The first-order valence-electron chi connectivity index (χ1n) is 4.24. The van der Waals surface area contributed by atoms with Crippen LogP contribution in [0.3, 0.4) is 0 Å². The molecule has 0 heterocycles. The molecule has 0 unspecified atom stereocenters. The van der Waals surface area contributed by atoms with Gasteiger partial charge in [-0.15, -0.1) is 0 Å².